The van der Waals surface area contributed by atoms with Gasteiger partial charge in [-0.1, -0.05) is 11.6 Å². The summed E-state index contributed by atoms with van der Waals surface area (Å²) in [5.74, 6) is 0.463. The Bertz CT molecular complexity index is 505. The number of piperidine rings is 3. The van der Waals surface area contributed by atoms with Crippen molar-refractivity contribution in [2.24, 2.45) is 13.0 Å². The predicted octanol–water partition coefficient (Wildman–Crippen LogP) is 1.21. The first-order valence-electron chi connectivity index (χ1n) is 6.78. The van der Waals surface area contributed by atoms with Gasteiger partial charge in [-0.3, -0.25) is 9.48 Å². The molecule has 1 aromatic heterocycles. The predicted molar refractivity (Wildman–Crippen MR) is 73.4 cm³/mol. The van der Waals surface area contributed by atoms with Crippen LogP contribution in [0, 0.1) is 12.8 Å². The quantitative estimate of drug-likeness (QED) is 0.887. The van der Waals surface area contributed by atoms with Gasteiger partial charge in [0.15, 0.2) is 5.69 Å². The highest BCUT2D eigenvalue weighted by molar-refractivity contribution is 6.34. The van der Waals surface area contributed by atoms with Crippen LogP contribution in [0.15, 0.2) is 0 Å². The summed E-state index contributed by atoms with van der Waals surface area (Å²) in [5, 5.41) is 7.76. The van der Waals surface area contributed by atoms with Crippen LogP contribution in [0.5, 0.6) is 0 Å². The molecule has 104 valence electrons. The van der Waals surface area contributed by atoms with Crippen molar-refractivity contribution in [1.82, 2.24) is 20.0 Å². The Morgan fingerprint density at radius 1 is 1.42 bits per heavy atom. The fraction of sp³-hybridized carbons (Fsp3) is 0.692. The van der Waals surface area contributed by atoms with E-state index in [0.717, 1.165) is 12.2 Å². The van der Waals surface area contributed by atoms with Crippen molar-refractivity contribution < 1.29 is 4.79 Å². The van der Waals surface area contributed by atoms with E-state index in [1.165, 1.54) is 25.9 Å². The summed E-state index contributed by atoms with van der Waals surface area (Å²) in [6, 6.07) is 0.244. The molecule has 0 aromatic carbocycles. The van der Waals surface area contributed by atoms with Crippen LogP contribution in [0.25, 0.3) is 0 Å². The van der Waals surface area contributed by atoms with Crippen LogP contribution >= 0.6 is 11.6 Å². The molecule has 3 saturated heterocycles. The highest BCUT2D eigenvalue weighted by Gasteiger charge is 2.35. The number of amides is 1. The molecule has 0 saturated carbocycles. The molecule has 1 aromatic rings. The lowest BCUT2D eigenvalue weighted by molar-refractivity contribution is 0.0617. The third kappa shape index (κ3) is 2.25. The first kappa shape index (κ1) is 12.9. The molecule has 5 nitrogen and oxygen atoms in total. The smallest absolute Gasteiger partial charge is 0.273 e. The second-order valence-electron chi connectivity index (χ2n) is 5.59. The fourth-order valence-corrected chi connectivity index (χ4v) is 3.34. The molecule has 4 heterocycles. The van der Waals surface area contributed by atoms with Crippen molar-refractivity contribution in [1.29, 1.82) is 0 Å². The average Bonchev–Trinajstić information content (AvgIpc) is 2.68. The lowest BCUT2D eigenvalue weighted by atomic mass is 9.84. The van der Waals surface area contributed by atoms with Crippen LogP contribution in [0.4, 0.5) is 0 Å². The highest BCUT2D eigenvalue weighted by Crippen LogP contribution is 2.28. The van der Waals surface area contributed by atoms with Gasteiger partial charge >= 0.3 is 0 Å². The van der Waals surface area contributed by atoms with Gasteiger partial charge in [-0.05, 0) is 38.8 Å². The first-order valence-corrected chi connectivity index (χ1v) is 7.16. The maximum atomic E-state index is 12.3. The molecular weight excluding hydrogens is 264 g/mol. The lowest BCUT2D eigenvalue weighted by Gasteiger charge is -2.44. The zero-order chi connectivity index (χ0) is 13.6. The third-order valence-electron chi connectivity index (χ3n) is 4.45. The first-order chi connectivity index (χ1) is 9.06. The monoisotopic (exact) mass is 282 g/mol. The number of hydrogen-bond acceptors (Lipinski definition) is 3. The Kier molecular flexibility index (Phi) is 3.27. The van der Waals surface area contributed by atoms with Crippen LogP contribution in [0.3, 0.4) is 0 Å². The van der Waals surface area contributed by atoms with Crippen LogP contribution in [0.1, 0.15) is 29.0 Å². The molecule has 19 heavy (non-hydrogen) atoms. The van der Waals surface area contributed by atoms with Gasteiger partial charge in [0.1, 0.15) is 0 Å². The Morgan fingerprint density at radius 2 is 2.11 bits per heavy atom. The number of carbonyl (C=O) groups is 1. The molecule has 1 atom stereocenters. The second kappa shape index (κ2) is 4.80. The summed E-state index contributed by atoms with van der Waals surface area (Å²) in [6.45, 7) is 5.15. The van der Waals surface area contributed by atoms with Gasteiger partial charge in [0.05, 0.1) is 10.7 Å². The van der Waals surface area contributed by atoms with E-state index in [9.17, 15) is 4.79 Å². The number of halogens is 1. The van der Waals surface area contributed by atoms with E-state index in [-0.39, 0.29) is 11.9 Å². The Balaban J connectivity index is 1.73. The van der Waals surface area contributed by atoms with Gasteiger partial charge in [0.2, 0.25) is 0 Å². The number of nitrogens with zero attached hydrogens (tertiary/aromatic N) is 3. The molecule has 2 bridgehead atoms. The van der Waals surface area contributed by atoms with Crippen molar-refractivity contribution in [3.05, 3.63) is 16.4 Å². The summed E-state index contributed by atoms with van der Waals surface area (Å²) in [6.07, 6.45) is 2.36. The van der Waals surface area contributed by atoms with Gasteiger partial charge in [0.25, 0.3) is 5.91 Å². The third-order valence-corrected chi connectivity index (χ3v) is 4.90. The van der Waals surface area contributed by atoms with E-state index < -0.39 is 0 Å². The molecule has 1 unspecified atom stereocenters. The maximum absolute atomic E-state index is 12.3. The average molecular weight is 283 g/mol. The normalized spacial score (nSPS) is 29.5. The number of nitrogens with one attached hydrogen (secondary N) is 1. The van der Waals surface area contributed by atoms with Gasteiger partial charge in [-0.25, -0.2) is 0 Å². The van der Waals surface area contributed by atoms with Crippen LogP contribution < -0.4 is 5.32 Å². The van der Waals surface area contributed by atoms with Crippen molar-refractivity contribution >= 4 is 17.5 Å². The van der Waals surface area contributed by atoms with Crippen molar-refractivity contribution in [2.75, 3.05) is 19.6 Å². The summed E-state index contributed by atoms with van der Waals surface area (Å²) >= 11 is 6.15. The van der Waals surface area contributed by atoms with Crippen LogP contribution in [-0.4, -0.2) is 46.3 Å². The van der Waals surface area contributed by atoms with E-state index in [2.05, 4.69) is 15.3 Å². The van der Waals surface area contributed by atoms with E-state index in [4.69, 9.17) is 11.6 Å². The number of aromatic nitrogens is 2. The SMILES string of the molecule is Cc1c(Cl)c(C(=O)NC2CN3CCC2CC3)nn1C. The van der Waals surface area contributed by atoms with Gasteiger partial charge < -0.3 is 10.2 Å². The largest absolute Gasteiger partial charge is 0.346 e. The Labute approximate surface area is 117 Å². The molecule has 1 amide bonds. The molecule has 0 radical (unpaired) electrons. The fourth-order valence-electron chi connectivity index (χ4n) is 3.09. The summed E-state index contributed by atoms with van der Waals surface area (Å²) in [7, 11) is 1.80. The summed E-state index contributed by atoms with van der Waals surface area (Å²) in [4.78, 5) is 14.7. The standard InChI is InChI=1S/C13H19ClN4O/c1-8-11(14)12(16-17(8)2)13(19)15-10-7-18-5-3-9(10)4-6-18/h9-10H,3-7H2,1-2H3,(H,15,19). The number of fused-ring (bicyclic) bond motifs is 3. The molecule has 4 rings (SSSR count). The zero-order valence-corrected chi connectivity index (χ0v) is 12.1. The minimum atomic E-state index is -0.146. The molecular formula is C13H19ClN4O. The molecule has 1 N–H and O–H groups in total. The summed E-state index contributed by atoms with van der Waals surface area (Å²) in [5.41, 5.74) is 1.17. The van der Waals surface area contributed by atoms with Gasteiger partial charge in [0, 0.05) is 19.6 Å². The van der Waals surface area contributed by atoms with E-state index in [1.54, 1.807) is 11.7 Å². The zero-order valence-electron chi connectivity index (χ0n) is 11.3. The van der Waals surface area contributed by atoms with Crippen LogP contribution in [0.2, 0.25) is 5.02 Å². The molecule has 0 spiro atoms. The van der Waals surface area contributed by atoms with Gasteiger partial charge in [-0.15, -0.1) is 0 Å². The van der Waals surface area contributed by atoms with Crippen molar-refractivity contribution in [3.63, 3.8) is 0 Å². The molecule has 3 aliphatic rings. The maximum Gasteiger partial charge on any atom is 0.273 e. The Hall–Kier alpha value is -1.07. The number of aryl methyl sites for hydroxylation is 1. The lowest BCUT2D eigenvalue weighted by Crippen LogP contribution is -2.57. The van der Waals surface area contributed by atoms with Gasteiger partial charge in [-0.2, -0.15) is 5.10 Å². The molecule has 3 fully saturated rings. The topological polar surface area (TPSA) is 50.2 Å². The minimum absolute atomic E-state index is 0.146. The minimum Gasteiger partial charge on any atom is -0.346 e. The second-order valence-corrected chi connectivity index (χ2v) is 5.97. The van der Waals surface area contributed by atoms with Crippen molar-refractivity contribution in [2.45, 2.75) is 25.8 Å². The molecule has 3 aliphatic heterocycles. The van der Waals surface area contributed by atoms with Crippen molar-refractivity contribution in [3.8, 4) is 0 Å². The number of hydrogen-bond donors (Lipinski definition) is 1. The highest BCUT2D eigenvalue weighted by atomic mass is 35.5. The molecule has 0 aliphatic carbocycles. The van der Waals surface area contributed by atoms with E-state index >= 15 is 0 Å². The number of rotatable bonds is 2. The number of carbonyl (C=O) groups excluding carboxylic acids is 1. The van der Waals surface area contributed by atoms with E-state index in [1.807, 2.05) is 6.92 Å². The molecule has 6 heteroatoms. The van der Waals surface area contributed by atoms with E-state index in [0.29, 0.717) is 16.6 Å². The summed E-state index contributed by atoms with van der Waals surface area (Å²) < 4.78 is 1.65. The Morgan fingerprint density at radius 3 is 2.58 bits per heavy atom. The van der Waals surface area contributed by atoms with Crippen LogP contribution in [-0.2, 0) is 7.05 Å².